The van der Waals surface area contributed by atoms with Gasteiger partial charge in [0.1, 0.15) is 0 Å². The molecule has 0 aliphatic heterocycles. The second-order valence-corrected chi connectivity index (χ2v) is 4.91. The van der Waals surface area contributed by atoms with E-state index in [1.807, 2.05) is 30.6 Å². The van der Waals surface area contributed by atoms with E-state index in [0.29, 0.717) is 6.04 Å². The molecule has 1 aromatic heterocycles. The molecule has 2 aromatic rings. The summed E-state index contributed by atoms with van der Waals surface area (Å²) in [5.41, 5.74) is 2.43. The molecule has 0 radical (unpaired) electrons. The highest BCUT2D eigenvalue weighted by Gasteiger charge is 2.17. The van der Waals surface area contributed by atoms with Crippen molar-refractivity contribution in [2.24, 2.45) is 0 Å². The number of nitrogens with one attached hydrogen (secondary N) is 1. The first-order valence-corrected chi connectivity index (χ1v) is 7.17. The minimum atomic E-state index is 0.135. The highest BCUT2D eigenvalue weighted by molar-refractivity contribution is 5.30. The summed E-state index contributed by atoms with van der Waals surface area (Å²) in [6.07, 6.45) is 5.40. The van der Waals surface area contributed by atoms with Gasteiger partial charge in [-0.05, 0) is 36.1 Å². The zero-order valence-corrected chi connectivity index (χ0v) is 11.9. The van der Waals surface area contributed by atoms with Crippen molar-refractivity contribution in [3.05, 3.63) is 66.0 Å². The first-order valence-electron chi connectivity index (χ1n) is 7.17. The molecule has 3 nitrogen and oxygen atoms in total. The SMILES string of the molecule is CCC(CCO)NC(c1ccccc1)c1ccncc1. The van der Waals surface area contributed by atoms with Gasteiger partial charge < -0.3 is 10.4 Å². The van der Waals surface area contributed by atoms with Crippen LogP contribution < -0.4 is 5.32 Å². The summed E-state index contributed by atoms with van der Waals surface area (Å²) in [4.78, 5) is 4.09. The van der Waals surface area contributed by atoms with Crippen LogP contribution in [-0.2, 0) is 0 Å². The number of aliphatic hydroxyl groups excluding tert-OH is 1. The molecule has 106 valence electrons. The van der Waals surface area contributed by atoms with Crippen LogP contribution in [0.2, 0.25) is 0 Å². The monoisotopic (exact) mass is 270 g/mol. The van der Waals surface area contributed by atoms with E-state index < -0.39 is 0 Å². The van der Waals surface area contributed by atoms with Gasteiger partial charge in [-0.15, -0.1) is 0 Å². The molecule has 0 aliphatic carbocycles. The third-order valence-electron chi connectivity index (χ3n) is 3.55. The first kappa shape index (κ1) is 14.7. The molecule has 1 heterocycles. The van der Waals surface area contributed by atoms with Gasteiger partial charge in [0.15, 0.2) is 0 Å². The standard InChI is InChI=1S/C17H22N2O/c1-2-16(10-13-20)19-17(14-6-4-3-5-7-14)15-8-11-18-12-9-15/h3-9,11-12,16-17,19-20H,2,10,13H2,1H3. The van der Waals surface area contributed by atoms with E-state index in [-0.39, 0.29) is 12.6 Å². The van der Waals surface area contributed by atoms with Gasteiger partial charge >= 0.3 is 0 Å². The molecule has 2 N–H and O–H groups in total. The van der Waals surface area contributed by atoms with Gasteiger partial charge in [-0.1, -0.05) is 37.3 Å². The van der Waals surface area contributed by atoms with Gasteiger partial charge in [-0.2, -0.15) is 0 Å². The lowest BCUT2D eigenvalue weighted by Gasteiger charge is -2.25. The summed E-state index contributed by atoms with van der Waals surface area (Å²) in [5.74, 6) is 0. The highest BCUT2D eigenvalue weighted by Crippen LogP contribution is 2.22. The average molecular weight is 270 g/mol. The molecule has 0 fully saturated rings. The molecular formula is C17H22N2O. The van der Waals surface area contributed by atoms with Gasteiger partial charge in [0.05, 0.1) is 6.04 Å². The van der Waals surface area contributed by atoms with E-state index in [2.05, 4.69) is 41.5 Å². The van der Waals surface area contributed by atoms with Crippen LogP contribution in [0.4, 0.5) is 0 Å². The Morgan fingerprint density at radius 3 is 2.30 bits per heavy atom. The smallest absolute Gasteiger partial charge is 0.0579 e. The van der Waals surface area contributed by atoms with Crippen molar-refractivity contribution in [2.75, 3.05) is 6.61 Å². The maximum absolute atomic E-state index is 9.17. The van der Waals surface area contributed by atoms with Gasteiger partial charge in [-0.3, -0.25) is 4.98 Å². The Bertz CT molecular complexity index is 447. The summed E-state index contributed by atoms with van der Waals surface area (Å²) in [5, 5.41) is 12.8. The highest BCUT2D eigenvalue weighted by atomic mass is 16.3. The number of nitrogens with zero attached hydrogens (tertiary/aromatic N) is 1. The Balaban J connectivity index is 2.25. The molecule has 2 atom stereocenters. The van der Waals surface area contributed by atoms with Gasteiger partial charge in [0.2, 0.25) is 0 Å². The molecule has 20 heavy (non-hydrogen) atoms. The van der Waals surface area contributed by atoms with Crippen LogP contribution >= 0.6 is 0 Å². The molecule has 2 unspecified atom stereocenters. The van der Waals surface area contributed by atoms with E-state index in [4.69, 9.17) is 0 Å². The van der Waals surface area contributed by atoms with Gasteiger partial charge in [-0.25, -0.2) is 0 Å². The number of benzene rings is 1. The van der Waals surface area contributed by atoms with E-state index in [9.17, 15) is 5.11 Å². The fraction of sp³-hybridized carbons (Fsp3) is 0.353. The third-order valence-corrected chi connectivity index (χ3v) is 3.55. The third kappa shape index (κ3) is 3.89. The van der Waals surface area contributed by atoms with Crippen LogP contribution in [0.15, 0.2) is 54.9 Å². The number of hydrogen-bond acceptors (Lipinski definition) is 3. The maximum atomic E-state index is 9.17. The van der Waals surface area contributed by atoms with Crippen molar-refractivity contribution < 1.29 is 5.11 Å². The fourth-order valence-electron chi connectivity index (χ4n) is 2.38. The van der Waals surface area contributed by atoms with Crippen molar-refractivity contribution in [1.82, 2.24) is 10.3 Å². The van der Waals surface area contributed by atoms with Gasteiger partial charge in [0, 0.05) is 25.0 Å². The Morgan fingerprint density at radius 1 is 1.05 bits per heavy atom. The summed E-state index contributed by atoms with van der Waals surface area (Å²) in [6, 6.07) is 14.9. The fourth-order valence-corrected chi connectivity index (χ4v) is 2.38. The predicted octanol–water partition coefficient (Wildman–Crippen LogP) is 2.92. The van der Waals surface area contributed by atoms with Gasteiger partial charge in [0.25, 0.3) is 0 Å². The zero-order chi connectivity index (χ0) is 14.2. The lowest BCUT2D eigenvalue weighted by atomic mass is 9.97. The largest absolute Gasteiger partial charge is 0.396 e. The van der Waals surface area contributed by atoms with Crippen molar-refractivity contribution in [3.8, 4) is 0 Å². The normalized spacial score (nSPS) is 13.9. The predicted molar refractivity (Wildman–Crippen MR) is 81.4 cm³/mol. The van der Waals surface area contributed by atoms with E-state index in [1.165, 1.54) is 11.1 Å². The van der Waals surface area contributed by atoms with Crippen molar-refractivity contribution in [3.63, 3.8) is 0 Å². The van der Waals surface area contributed by atoms with E-state index >= 15 is 0 Å². The summed E-state index contributed by atoms with van der Waals surface area (Å²) < 4.78 is 0. The van der Waals surface area contributed by atoms with Crippen molar-refractivity contribution >= 4 is 0 Å². The summed E-state index contributed by atoms with van der Waals surface area (Å²) in [7, 11) is 0. The van der Waals surface area contributed by atoms with E-state index in [1.54, 1.807) is 0 Å². The van der Waals surface area contributed by atoms with E-state index in [0.717, 1.165) is 12.8 Å². The number of aliphatic hydroxyl groups is 1. The van der Waals surface area contributed by atoms with Crippen LogP contribution in [0.1, 0.15) is 36.9 Å². The molecular weight excluding hydrogens is 248 g/mol. The van der Waals surface area contributed by atoms with Crippen LogP contribution in [0.25, 0.3) is 0 Å². The summed E-state index contributed by atoms with van der Waals surface area (Å²) in [6.45, 7) is 2.35. The molecule has 0 aliphatic rings. The topological polar surface area (TPSA) is 45.1 Å². The van der Waals surface area contributed by atoms with Crippen LogP contribution in [0, 0.1) is 0 Å². The second-order valence-electron chi connectivity index (χ2n) is 4.91. The molecule has 0 saturated heterocycles. The van der Waals surface area contributed by atoms with Crippen molar-refractivity contribution in [1.29, 1.82) is 0 Å². The Labute approximate surface area is 120 Å². The molecule has 0 amide bonds. The minimum absolute atomic E-state index is 0.135. The molecule has 0 bridgehead atoms. The zero-order valence-electron chi connectivity index (χ0n) is 11.9. The summed E-state index contributed by atoms with van der Waals surface area (Å²) >= 11 is 0. The molecule has 0 saturated carbocycles. The van der Waals surface area contributed by atoms with Crippen LogP contribution in [0.3, 0.4) is 0 Å². The first-order chi connectivity index (χ1) is 9.85. The molecule has 1 aromatic carbocycles. The lowest BCUT2D eigenvalue weighted by Crippen LogP contribution is -2.33. The second kappa shape index (κ2) is 7.78. The number of hydrogen-bond donors (Lipinski definition) is 2. The Morgan fingerprint density at radius 2 is 1.70 bits per heavy atom. The Hall–Kier alpha value is -1.71. The Kier molecular flexibility index (Phi) is 5.71. The average Bonchev–Trinajstić information content (AvgIpc) is 2.53. The van der Waals surface area contributed by atoms with Crippen LogP contribution in [-0.4, -0.2) is 22.7 Å². The number of aromatic nitrogens is 1. The minimum Gasteiger partial charge on any atom is -0.396 e. The number of pyridine rings is 1. The molecule has 0 spiro atoms. The quantitative estimate of drug-likeness (QED) is 0.813. The molecule has 2 rings (SSSR count). The maximum Gasteiger partial charge on any atom is 0.0579 e. The number of rotatable bonds is 7. The lowest BCUT2D eigenvalue weighted by molar-refractivity contribution is 0.258. The van der Waals surface area contributed by atoms with Crippen LogP contribution in [0.5, 0.6) is 0 Å². The molecule has 3 heteroatoms. The van der Waals surface area contributed by atoms with Crippen molar-refractivity contribution in [2.45, 2.75) is 31.8 Å².